The first kappa shape index (κ1) is 19.0. The van der Waals surface area contributed by atoms with Gasteiger partial charge in [-0.05, 0) is 49.9 Å². The summed E-state index contributed by atoms with van der Waals surface area (Å²) in [6.07, 6.45) is 3.82. The average Bonchev–Trinajstić information content (AvgIpc) is 3.05. The van der Waals surface area contributed by atoms with E-state index in [1.165, 1.54) is 24.3 Å². The van der Waals surface area contributed by atoms with E-state index in [0.717, 1.165) is 25.7 Å². The molecule has 2 aliphatic rings. The Hall–Kier alpha value is -1.79. The topological polar surface area (TPSA) is 55.8 Å². The van der Waals surface area contributed by atoms with Crippen LogP contribution in [0.5, 0.6) is 0 Å². The molecule has 3 atom stereocenters. The fraction of sp³-hybridized carbons (Fsp3) is 0.600. The van der Waals surface area contributed by atoms with Crippen LogP contribution in [0.1, 0.15) is 48.9 Å². The number of benzene rings is 1. The zero-order valence-corrected chi connectivity index (χ0v) is 15.4. The van der Waals surface area contributed by atoms with Gasteiger partial charge in [0.25, 0.3) is 0 Å². The summed E-state index contributed by atoms with van der Waals surface area (Å²) in [6, 6.07) is 5.43. The molecule has 0 spiro atoms. The number of amides is 1. The summed E-state index contributed by atoms with van der Waals surface area (Å²) in [5.41, 5.74) is 0.148. The Bertz CT molecular complexity index is 662. The molecule has 1 aromatic carbocycles. The summed E-state index contributed by atoms with van der Waals surface area (Å²) in [5, 5.41) is 0. The highest BCUT2D eigenvalue weighted by molar-refractivity contribution is 5.98. The molecule has 1 amide bonds. The standard InChI is InChI=1S/C20H26FNO4/c1-25-16-9-10-20(26-2)11-12-22(18(20)13-16)19(24)8-7-17(23)14-3-5-15(21)6-4-14/h3-6,16,18H,7-13H2,1-2H3/t16-,18+,20-/m1/s1. The largest absolute Gasteiger partial charge is 0.381 e. The number of methoxy groups -OCH3 is 2. The van der Waals surface area contributed by atoms with Gasteiger partial charge >= 0.3 is 0 Å². The molecule has 26 heavy (non-hydrogen) atoms. The monoisotopic (exact) mass is 363 g/mol. The van der Waals surface area contributed by atoms with Crippen LogP contribution in [0.15, 0.2) is 24.3 Å². The number of ether oxygens (including phenoxy) is 2. The van der Waals surface area contributed by atoms with Gasteiger partial charge in [-0.3, -0.25) is 9.59 Å². The van der Waals surface area contributed by atoms with Gasteiger partial charge < -0.3 is 14.4 Å². The molecule has 142 valence electrons. The van der Waals surface area contributed by atoms with E-state index in [1.807, 2.05) is 4.90 Å². The van der Waals surface area contributed by atoms with E-state index in [0.29, 0.717) is 12.1 Å². The van der Waals surface area contributed by atoms with Crippen molar-refractivity contribution in [2.75, 3.05) is 20.8 Å². The highest BCUT2D eigenvalue weighted by Crippen LogP contribution is 2.43. The number of halogens is 1. The number of hydrogen-bond acceptors (Lipinski definition) is 4. The van der Waals surface area contributed by atoms with Crippen LogP contribution in [-0.2, 0) is 14.3 Å². The average molecular weight is 363 g/mol. The Morgan fingerprint density at radius 3 is 2.58 bits per heavy atom. The first-order valence-corrected chi connectivity index (χ1v) is 9.15. The number of likely N-dealkylation sites (tertiary alicyclic amines) is 1. The number of carbonyl (C=O) groups excluding carboxylic acids is 2. The van der Waals surface area contributed by atoms with Crippen LogP contribution in [0.4, 0.5) is 4.39 Å². The van der Waals surface area contributed by atoms with Crippen LogP contribution in [0, 0.1) is 5.82 Å². The summed E-state index contributed by atoms with van der Waals surface area (Å²) >= 11 is 0. The van der Waals surface area contributed by atoms with Crippen molar-refractivity contribution in [2.45, 2.75) is 56.3 Å². The Kier molecular flexibility index (Phi) is 5.73. The number of rotatable bonds is 6. The molecule has 1 saturated heterocycles. The highest BCUT2D eigenvalue weighted by Gasteiger charge is 2.52. The van der Waals surface area contributed by atoms with Crippen molar-refractivity contribution in [3.8, 4) is 0 Å². The second-order valence-corrected chi connectivity index (χ2v) is 7.18. The Morgan fingerprint density at radius 2 is 1.92 bits per heavy atom. The first-order valence-electron chi connectivity index (χ1n) is 9.15. The highest BCUT2D eigenvalue weighted by atomic mass is 19.1. The summed E-state index contributed by atoms with van der Waals surface area (Å²) in [4.78, 5) is 26.9. The van der Waals surface area contributed by atoms with Crippen molar-refractivity contribution in [1.29, 1.82) is 0 Å². The maximum absolute atomic E-state index is 13.0. The SMILES string of the molecule is CO[C@@H]1CC[C@@]2(OC)CCN(C(=O)CCC(=O)c3ccc(F)cc3)[C@H]2C1. The number of nitrogens with zero attached hydrogens (tertiary/aromatic N) is 1. The molecule has 0 bridgehead atoms. The number of Topliss-reactive ketones (excluding diaryl/α,β-unsaturated/α-hetero) is 1. The third-order valence-electron chi connectivity index (χ3n) is 5.93. The minimum absolute atomic E-state index is 0.000349. The number of hydrogen-bond donors (Lipinski definition) is 0. The van der Waals surface area contributed by atoms with Gasteiger partial charge in [0.15, 0.2) is 5.78 Å². The normalized spacial score (nSPS) is 28.0. The molecule has 0 aromatic heterocycles. The van der Waals surface area contributed by atoms with E-state index in [2.05, 4.69) is 0 Å². The molecule has 0 unspecified atom stereocenters. The predicted octanol–water partition coefficient (Wildman–Crippen LogP) is 2.97. The van der Waals surface area contributed by atoms with Gasteiger partial charge in [0.05, 0.1) is 17.7 Å². The maximum Gasteiger partial charge on any atom is 0.223 e. The summed E-state index contributed by atoms with van der Waals surface area (Å²) in [5.74, 6) is -0.550. The number of ketones is 1. The van der Waals surface area contributed by atoms with Crippen LogP contribution in [0.3, 0.4) is 0 Å². The molecule has 1 heterocycles. The molecule has 6 heteroatoms. The summed E-state index contributed by atoms with van der Waals surface area (Å²) in [7, 11) is 3.42. The molecule has 1 aromatic rings. The number of carbonyl (C=O) groups is 2. The maximum atomic E-state index is 13.0. The minimum atomic E-state index is -0.379. The third-order valence-corrected chi connectivity index (χ3v) is 5.93. The smallest absolute Gasteiger partial charge is 0.223 e. The molecule has 1 saturated carbocycles. The van der Waals surface area contributed by atoms with Crippen molar-refractivity contribution in [3.63, 3.8) is 0 Å². The van der Waals surface area contributed by atoms with Gasteiger partial charge in [-0.15, -0.1) is 0 Å². The second kappa shape index (κ2) is 7.84. The molecule has 3 rings (SSSR count). The summed E-state index contributed by atoms with van der Waals surface area (Å²) < 4.78 is 24.3. The van der Waals surface area contributed by atoms with Gasteiger partial charge in [-0.2, -0.15) is 0 Å². The molecule has 2 fully saturated rings. The van der Waals surface area contributed by atoms with Gasteiger partial charge in [0.1, 0.15) is 5.82 Å². The van der Waals surface area contributed by atoms with E-state index in [9.17, 15) is 14.0 Å². The zero-order valence-electron chi connectivity index (χ0n) is 15.4. The number of fused-ring (bicyclic) bond motifs is 1. The summed E-state index contributed by atoms with van der Waals surface area (Å²) in [6.45, 7) is 0.651. The van der Waals surface area contributed by atoms with Gasteiger partial charge in [0.2, 0.25) is 5.91 Å². The second-order valence-electron chi connectivity index (χ2n) is 7.18. The van der Waals surface area contributed by atoms with Gasteiger partial charge in [-0.25, -0.2) is 4.39 Å². The zero-order chi connectivity index (χ0) is 18.7. The fourth-order valence-corrected chi connectivity index (χ4v) is 4.32. The van der Waals surface area contributed by atoms with Crippen LogP contribution >= 0.6 is 0 Å². The molecule has 5 nitrogen and oxygen atoms in total. The predicted molar refractivity (Wildman–Crippen MR) is 94.5 cm³/mol. The van der Waals surface area contributed by atoms with E-state index < -0.39 is 0 Å². The van der Waals surface area contributed by atoms with Crippen molar-refractivity contribution in [2.24, 2.45) is 0 Å². The van der Waals surface area contributed by atoms with Crippen LogP contribution in [0.25, 0.3) is 0 Å². The van der Waals surface area contributed by atoms with Crippen molar-refractivity contribution >= 4 is 11.7 Å². The van der Waals surface area contributed by atoms with Crippen molar-refractivity contribution < 1.29 is 23.5 Å². The van der Waals surface area contributed by atoms with E-state index in [4.69, 9.17) is 9.47 Å². The van der Waals surface area contributed by atoms with Crippen molar-refractivity contribution in [1.82, 2.24) is 4.90 Å². The first-order chi connectivity index (χ1) is 12.5. The molecule has 0 radical (unpaired) electrons. The molecule has 1 aliphatic heterocycles. The van der Waals surface area contributed by atoms with Crippen LogP contribution in [0.2, 0.25) is 0 Å². The minimum Gasteiger partial charge on any atom is -0.381 e. The van der Waals surface area contributed by atoms with E-state index in [-0.39, 0.29) is 48.1 Å². The van der Waals surface area contributed by atoms with Crippen LogP contribution < -0.4 is 0 Å². The van der Waals surface area contributed by atoms with E-state index >= 15 is 0 Å². The molecule has 1 aliphatic carbocycles. The van der Waals surface area contributed by atoms with E-state index in [1.54, 1.807) is 14.2 Å². The fourth-order valence-electron chi connectivity index (χ4n) is 4.32. The van der Waals surface area contributed by atoms with Gasteiger partial charge in [-0.1, -0.05) is 0 Å². The third kappa shape index (κ3) is 3.67. The lowest BCUT2D eigenvalue weighted by Gasteiger charge is -2.43. The Morgan fingerprint density at radius 1 is 1.19 bits per heavy atom. The lowest BCUT2D eigenvalue weighted by atomic mass is 9.79. The Balaban J connectivity index is 1.62. The van der Waals surface area contributed by atoms with Crippen LogP contribution in [-0.4, -0.2) is 55.1 Å². The lowest BCUT2D eigenvalue weighted by Crippen LogP contribution is -2.53. The quantitative estimate of drug-likeness (QED) is 0.729. The lowest BCUT2D eigenvalue weighted by molar-refractivity contribution is -0.140. The Labute approximate surface area is 153 Å². The van der Waals surface area contributed by atoms with Crippen molar-refractivity contribution in [3.05, 3.63) is 35.6 Å². The molecular weight excluding hydrogens is 337 g/mol. The van der Waals surface area contributed by atoms with Gasteiger partial charge in [0, 0.05) is 39.2 Å². The molecule has 0 N–H and O–H groups in total. The molecular formula is C20H26FNO4.